The Labute approximate surface area is 156 Å². The van der Waals surface area contributed by atoms with Crippen LogP contribution in [0.3, 0.4) is 0 Å². The maximum Gasteiger partial charge on any atom is 0.241 e. The highest BCUT2D eigenvalue weighted by Crippen LogP contribution is 2.28. The van der Waals surface area contributed by atoms with Crippen molar-refractivity contribution in [3.63, 3.8) is 0 Å². The number of amides is 1. The highest BCUT2D eigenvalue weighted by Gasteiger charge is 2.06. The van der Waals surface area contributed by atoms with E-state index >= 15 is 0 Å². The van der Waals surface area contributed by atoms with Gasteiger partial charge in [0.15, 0.2) is 17.5 Å². The first-order chi connectivity index (χ1) is 12.6. The van der Waals surface area contributed by atoms with Gasteiger partial charge in [-0.15, -0.1) is 0 Å². The Bertz CT molecular complexity index is 576. The molecule has 1 amide bonds. The Morgan fingerprint density at radius 3 is 2.50 bits per heavy atom. The van der Waals surface area contributed by atoms with Gasteiger partial charge in [-0.3, -0.25) is 4.79 Å². The lowest BCUT2D eigenvalue weighted by Gasteiger charge is -2.13. The predicted molar refractivity (Wildman–Crippen MR) is 105 cm³/mol. The van der Waals surface area contributed by atoms with Crippen molar-refractivity contribution in [1.29, 1.82) is 0 Å². The molecule has 0 saturated heterocycles. The summed E-state index contributed by atoms with van der Waals surface area (Å²) in [5, 5.41) is 9.13. The fraction of sp³-hybridized carbons (Fsp3) is 0.579. The van der Waals surface area contributed by atoms with Gasteiger partial charge in [0.05, 0.1) is 13.7 Å². The van der Waals surface area contributed by atoms with Crippen molar-refractivity contribution in [2.24, 2.45) is 4.99 Å². The number of nitrogens with zero attached hydrogens (tertiary/aromatic N) is 1. The first-order valence-corrected chi connectivity index (χ1v) is 9.23. The van der Waals surface area contributed by atoms with Crippen molar-refractivity contribution in [1.82, 2.24) is 16.0 Å². The molecule has 3 N–H and O–H groups in total. The van der Waals surface area contributed by atoms with E-state index in [9.17, 15) is 4.79 Å². The normalized spacial score (nSPS) is 11.0. The molecule has 0 spiro atoms. The lowest BCUT2D eigenvalue weighted by Crippen LogP contribution is -2.39. The number of guanidine groups is 1. The predicted octanol–water partition coefficient (Wildman–Crippen LogP) is 1.72. The van der Waals surface area contributed by atoms with Crippen LogP contribution in [0.4, 0.5) is 0 Å². The third-order valence-corrected chi connectivity index (χ3v) is 3.56. The zero-order valence-electron chi connectivity index (χ0n) is 16.4. The first kappa shape index (κ1) is 21.6. The molecule has 1 aromatic rings. The second-order valence-corrected chi connectivity index (χ2v) is 5.60. The van der Waals surface area contributed by atoms with E-state index in [0.29, 0.717) is 19.1 Å². The Morgan fingerprint density at radius 1 is 1.08 bits per heavy atom. The maximum atomic E-state index is 11.5. The Kier molecular flexibility index (Phi) is 10.7. The molecule has 1 aromatic carbocycles. The molecular formula is C19H32N4O3. The van der Waals surface area contributed by atoms with E-state index in [1.807, 2.05) is 32.9 Å². The molecule has 0 aliphatic carbocycles. The topological polar surface area (TPSA) is 84.0 Å². The van der Waals surface area contributed by atoms with Crippen LogP contribution in [0.1, 0.15) is 32.8 Å². The van der Waals surface area contributed by atoms with Gasteiger partial charge in [-0.25, -0.2) is 4.99 Å². The van der Waals surface area contributed by atoms with Crippen LogP contribution in [0.25, 0.3) is 0 Å². The van der Waals surface area contributed by atoms with Crippen LogP contribution in [-0.4, -0.2) is 51.8 Å². The summed E-state index contributed by atoms with van der Waals surface area (Å²) in [6, 6.07) is 6.01. The SMILES string of the molecule is CCNC(=O)CN=C(NCC)NCCCc1ccc(OC)c(OCC)c1. The number of rotatable bonds is 11. The highest BCUT2D eigenvalue weighted by molar-refractivity contribution is 5.84. The summed E-state index contributed by atoms with van der Waals surface area (Å²) < 4.78 is 10.9. The van der Waals surface area contributed by atoms with E-state index in [1.54, 1.807) is 7.11 Å². The molecule has 7 nitrogen and oxygen atoms in total. The van der Waals surface area contributed by atoms with Crippen LogP contribution in [0.5, 0.6) is 11.5 Å². The van der Waals surface area contributed by atoms with Gasteiger partial charge in [0.1, 0.15) is 6.54 Å². The van der Waals surface area contributed by atoms with E-state index in [1.165, 1.54) is 5.56 Å². The summed E-state index contributed by atoms with van der Waals surface area (Å²) in [7, 11) is 1.64. The summed E-state index contributed by atoms with van der Waals surface area (Å²) in [6.07, 6.45) is 1.84. The summed E-state index contributed by atoms with van der Waals surface area (Å²) in [6.45, 7) is 8.70. The lowest BCUT2D eigenvalue weighted by molar-refractivity contribution is -0.119. The number of likely N-dealkylation sites (N-methyl/N-ethyl adjacent to an activating group) is 1. The van der Waals surface area contributed by atoms with E-state index in [0.717, 1.165) is 37.4 Å². The Balaban J connectivity index is 2.48. The Hall–Kier alpha value is -2.44. The minimum Gasteiger partial charge on any atom is -0.493 e. The molecule has 0 bridgehead atoms. The Morgan fingerprint density at radius 2 is 1.85 bits per heavy atom. The van der Waals surface area contributed by atoms with Gasteiger partial charge >= 0.3 is 0 Å². The van der Waals surface area contributed by atoms with E-state index in [2.05, 4.69) is 27.0 Å². The van der Waals surface area contributed by atoms with Crippen molar-refractivity contribution >= 4 is 11.9 Å². The molecule has 0 saturated carbocycles. The number of carbonyl (C=O) groups excluding carboxylic acids is 1. The number of hydrogen-bond acceptors (Lipinski definition) is 4. The molecule has 0 heterocycles. The molecule has 0 unspecified atom stereocenters. The number of aliphatic imine (C=N–C) groups is 1. The highest BCUT2D eigenvalue weighted by atomic mass is 16.5. The molecule has 0 atom stereocenters. The molecule has 0 aromatic heterocycles. The zero-order valence-corrected chi connectivity index (χ0v) is 16.4. The van der Waals surface area contributed by atoms with Gasteiger partial charge in [-0.1, -0.05) is 6.07 Å². The molecule has 0 aliphatic heterocycles. The van der Waals surface area contributed by atoms with Gasteiger partial charge in [0, 0.05) is 19.6 Å². The quantitative estimate of drug-likeness (QED) is 0.316. The van der Waals surface area contributed by atoms with Crippen molar-refractivity contribution in [2.45, 2.75) is 33.6 Å². The van der Waals surface area contributed by atoms with Gasteiger partial charge in [0.25, 0.3) is 0 Å². The first-order valence-electron chi connectivity index (χ1n) is 9.23. The van der Waals surface area contributed by atoms with Crippen molar-refractivity contribution < 1.29 is 14.3 Å². The van der Waals surface area contributed by atoms with Gasteiger partial charge in [-0.2, -0.15) is 0 Å². The van der Waals surface area contributed by atoms with Crippen molar-refractivity contribution in [2.75, 3.05) is 39.9 Å². The van der Waals surface area contributed by atoms with Crippen LogP contribution in [0.15, 0.2) is 23.2 Å². The van der Waals surface area contributed by atoms with Gasteiger partial charge in [-0.05, 0) is 51.3 Å². The lowest BCUT2D eigenvalue weighted by atomic mass is 10.1. The average molecular weight is 364 g/mol. The number of aryl methyl sites for hydroxylation is 1. The van der Waals surface area contributed by atoms with Crippen LogP contribution in [-0.2, 0) is 11.2 Å². The van der Waals surface area contributed by atoms with Crippen LogP contribution >= 0.6 is 0 Å². The molecule has 7 heteroatoms. The maximum absolute atomic E-state index is 11.5. The standard InChI is InChI=1S/C19H32N4O3/c1-5-20-18(24)14-23-19(21-6-2)22-12-8-9-15-10-11-16(25-4)17(13-15)26-7-3/h10-11,13H,5-9,12,14H2,1-4H3,(H,20,24)(H2,21,22,23). The summed E-state index contributed by atoms with van der Waals surface area (Å²) >= 11 is 0. The monoisotopic (exact) mass is 364 g/mol. The molecule has 146 valence electrons. The van der Waals surface area contributed by atoms with Crippen LogP contribution in [0.2, 0.25) is 0 Å². The fourth-order valence-electron chi connectivity index (χ4n) is 2.39. The number of benzene rings is 1. The number of ether oxygens (including phenoxy) is 2. The van der Waals surface area contributed by atoms with E-state index in [4.69, 9.17) is 9.47 Å². The van der Waals surface area contributed by atoms with Gasteiger partial charge in [0.2, 0.25) is 5.91 Å². The molecule has 0 aliphatic rings. The van der Waals surface area contributed by atoms with Crippen LogP contribution in [0, 0.1) is 0 Å². The zero-order chi connectivity index (χ0) is 19.2. The van der Waals surface area contributed by atoms with Gasteiger partial charge < -0.3 is 25.4 Å². The molecule has 0 fully saturated rings. The van der Waals surface area contributed by atoms with Crippen molar-refractivity contribution in [3.8, 4) is 11.5 Å². The second kappa shape index (κ2) is 12.9. The van der Waals surface area contributed by atoms with Crippen molar-refractivity contribution in [3.05, 3.63) is 23.8 Å². The van der Waals surface area contributed by atoms with Crippen LogP contribution < -0.4 is 25.4 Å². The smallest absolute Gasteiger partial charge is 0.241 e. The largest absolute Gasteiger partial charge is 0.493 e. The minimum absolute atomic E-state index is 0.0774. The minimum atomic E-state index is -0.0774. The second-order valence-electron chi connectivity index (χ2n) is 5.60. The van der Waals surface area contributed by atoms with E-state index in [-0.39, 0.29) is 12.5 Å². The number of carbonyl (C=O) groups is 1. The molecule has 26 heavy (non-hydrogen) atoms. The summed E-state index contributed by atoms with van der Waals surface area (Å²) in [5.41, 5.74) is 1.19. The molecule has 0 radical (unpaired) electrons. The summed E-state index contributed by atoms with van der Waals surface area (Å²) in [4.78, 5) is 15.8. The number of hydrogen-bond donors (Lipinski definition) is 3. The summed E-state index contributed by atoms with van der Waals surface area (Å²) in [5.74, 6) is 2.10. The third kappa shape index (κ3) is 8.09. The molecular weight excluding hydrogens is 332 g/mol. The number of methoxy groups -OCH3 is 1. The average Bonchev–Trinajstić information content (AvgIpc) is 2.64. The number of nitrogens with one attached hydrogen (secondary N) is 3. The fourth-order valence-corrected chi connectivity index (χ4v) is 2.39. The molecule has 1 rings (SSSR count). The third-order valence-electron chi connectivity index (χ3n) is 3.56. The van der Waals surface area contributed by atoms with E-state index < -0.39 is 0 Å².